The molecular weight excluding hydrogens is 440 g/mol. The van der Waals surface area contributed by atoms with Crippen LogP contribution in [0, 0.1) is 11.5 Å². The molecule has 2 aromatic carbocycles. The predicted molar refractivity (Wildman–Crippen MR) is 127 cm³/mol. The number of fused-ring (bicyclic) bond motifs is 2. The molecule has 8 heteroatoms. The summed E-state index contributed by atoms with van der Waals surface area (Å²) in [5, 5.41) is 34.9. The van der Waals surface area contributed by atoms with Crippen molar-refractivity contribution in [3.05, 3.63) is 41.5 Å². The van der Waals surface area contributed by atoms with E-state index in [-0.39, 0.29) is 17.9 Å². The summed E-state index contributed by atoms with van der Waals surface area (Å²) >= 11 is 0. The number of phenolic OH excluding ortho intramolecular Hbond substituents is 1. The molecule has 1 aliphatic rings. The second-order valence-electron chi connectivity index (χ2n) is 8.44. The highest BCUT2D eigenvalue weighted by Crippen LogP contribution is 2.43. The fourth-order valence-electron chi connectivity index (χ4n) is 4.33. The van der Waals surface area contributed by atoms with Gasteiger partial charge in [0.1, 0.15) is 20.6 Å². The Labute approximate surface area is 194 Å². The van der Waals surface area contributed by atoms with Crippen molar-refractivity contribution >= 4 is 30.4 Å². The van der Waals surface area contributed by atoms with Crippen molar-refractivity contribution in [3.8, 4) is 17.2 Å². The van der Waals surface area contributed by atoms with E-state index in [4.69, 9.17) is 9.47 Å². The minimum absolute atomic E-state index is 0.184. The monoisotopic (exact) mass is 470 g/mol. The number of ether oxygens (including phenoxy) is 2. The van der Waals surface area contributed by atoms with Crippen LogP contribution in [-0.4, -0.2) is 66.7 Å². The van der Waals surface area contributed by atoms with Gasteiger partial charge in [-0.15, -0.1) is 5.54 Å². The lowest BCUT2D eigenvalue weighted by Crippen LogP contribution is -2.68. The highest BCUT2D eigenvalue weighted by Gasteiger charge is 2.64. The number of aromatic hydroxyl groups is 1. The van der Waals surface area contributed by atoms with Crippen LogP contribution in [0.15, 0.2) is 30.3 Å². The Bertz CT molecular complexity index is 1140. The van der Waals surface area contributed by atoms with E-state index < -0.39 is 43.2 Å². The molecule has 0 fully saturated rings. The second-order valence-corrected chi connectivity index (χ2v) is 13.4. The van der Waals surface area contributed by atoms with Crippen molar-refractivity contribution in [3.63, 3.8) is 0 Å². The van der Waals surface area contributed by atoms with Crippen LogP contribution in [0.5, 0.6) is 5.75 Å². The van der Waals surface area contributed by atoms with E-state index in [9.17, 15) is 24.9 Å². The summed E-state index contributed by atoms with van der Waals surface area (Å²) < 4.78 is 10.1. The van der Waals surface area contributed by atoms with Gasteiger partial charge in [0.05, 0.1) is 12.2 Å². The van der Waals surface area contributed by atoms with Crippen LogP contribution in [0.25, 0.3) is 10.8 Å². The Balaban J connectivity index is 2.31. The molecule has 2 aromatic rings. The van der Waals surface area contributed by atoms with Gasteiger partial charge in [0, 0.05) is 18.1 Å². The van der Waals surface area contributed by atoms with Gasteiger partial charge in [-0.1, -0.05) is 51.0 Å². The molecular formula is C25H30O7Si. The molecule has 1 aliphatic carbocycles. The maximum absolute atomic E-state index is 13.7. The Hall–Kier alpha value is -2.54. The van der Waals surface area contributed by atoms with E-state index >= 15 is 0 Å². The van der Waals surface area contributed by atoms with Crippen LogP contribution >= 0.6 is 0 Å². The fraction of sp³-hybridized carbons (Fsp3) is 0.440. The van der Waals surface area contributed by atoms with Gasteiger partial charge >= 0.3 is 0 Å². The van der Waals surface area contributed by atoms with E-state index in [1.807, 2.05) is 20.8 Å². The molecule has 33 heavy (non-hydrogen) atoms. The van der Waals surface area contributed by atoms with Gasteiger partial charge in [0.15, 0.2) is 5.60 Å². The molecule has 3 rings (SSSR count). The predicted octanol–water partition coefficient (Wildman–Crippen LogP) is 3.06. The first-order valence-corrected chi connectivity index (χ1v) is 13.7. The first-order valence-electron chi connectivity index (χ1n) is 11.0. The Morgan fingerprint density at radius 3 is 2.27 bits per heavy atom. The number of Topliss-reactive ketones (excluding diaryl/α,β-unsaturated/α-hetero) is 2. The van der Waals surface area contributed by atoms with Crippen molar-refractivity contribution in [2.45, 2.75) is 50.1 Å². The van der Waals surface area contributed by atoms with E-state index in [0.717, 1.165) is 18.1 Å². The SMILES string of the molecule is CC[Si](C#C[C@]1(O)C(=O)c2c(cc3ccccc3c2O)C(=O)[C@]1(O)COCOC)(CC)CC. The number of methoxy groups -OCH3 is 1. The summed E-state index contributed by atoms with van der Waals surface area (Å²) in [6.45, 7) is 5.05. The van der Waals surface area contributed by atoms with Crippen molar-refractivity contribution in [2.24, 2.45) is 0 Å². The van der Waals surface area contributed by atoms with Crippen LogP contribution in [0.1, 0.15) is 41.5 Å². The van der Waals surface area contributed by atoms with Crippen LogP contribution in [0.2, 0.25) is 18.1 Å². The molecule has 0 aromatic heterocycles. The molecule has 0 bridgehead atoms. The van der Waals surface area contributed by atoms with Gasteiger partial charge in [-0.2, -0.15) is 0 Å². The molecule has 7 nitrogen and oxygen atoms in total. The van der Waals surface area contributed by atoms with Crippen LogP contribution in [0.3, 0.4) is 0 Å². The number of carbonyl (C=O) groups excluding carboxylic acids is 2. The van der Waals surface area contributed by atoms with E-state index in [1.165, 1.54) is 13.2 Å². The molecule has 2 atom stereocenters. The summed E-state index contributed by atoms with van der Waals surface area (Å²) in [6.07, 6.45) is 0. The number of hydrogen-bond acceptors (Lipinski definition) is 7. The van der Waals surface area contributed by atoms with Gasteiger partial charge < -0.3 is 24.8 Å². The lowest BCUT2D eigenvalue weighted by Gasteiger charge is -2.41. The standard InChI is InChI=1S/C25H30O7Si/c1-5-33(6-2,7-3)13-12-24(29)23(28)20-19(22(27)25(24,30)15-32-16-31-4)14-17-10-8-9-11-18(17)21(20)26/h8-11,14,26,29-30H,5-7,15-16H2,1-4H3/t24-,25+/m0/s1. The fourth-order valence-corrected chi connectivity index (χ4v) is 6.81. The topological polar surface area (TPSA) is 113 Å². The Morgan fingerprint density at radius 1 is 1.03 bits per heavy atom. The van der Waals surface area contributed by atoms with Gasteiger partial charge in [-0.05, 0) is 29.6 Å². The molecule has 0 radical (unpaired) electrons. The Kier molecular flexibility index (Phi) is 7.12. The molecule has 0 saturated carbocycles. The van der Waals surface area contributed by atoms with E-state index in [1.54, 1.807) is 24.3 Å². The van der Waals surface area contributed by atoms with Crippen molar-refractivity contribution in [1.82, 2.24) is 0 Å². The second kappa shape index (κ2) is 9.37. The molecule has 3 N–H and O–H groups in total. The first-order chi connectivity index (χ1) is 15.6. The lowest BCUT2D eigenvalue weighted by molar-refractivity contribution is -0.135. The maximum Gasteiger partial charge on any atom is 0.227 e. The van der Waals surface area contributed by atoms with Gasteiger partial charge in [0.25, 0.3) is 0 Å². The summed E-state index contributed by atoms with van der Waals surface area (Å²) in [7, 11) is -0.805. The minimum Gasteiger partial charge on any atom is -0.507 e. The van der Waals surface area contributed by atoms with Crippen molar-refractivity contribution in [2.75, 3.05) is 20.5 Å². The van der Waals surface area contributed by atoms with Crippen LogP contribution in [-0.2, 0) is 9.47 Å². The zero-order valence-electron chi connectivity index (χ0n) is 19.4. The van der Waals surface area contributed by atoms with Crippen LogP contribution in [0.4, 0.5) is 0 Å². The third-order valence-electron chi connectivity index (χ3n) is 6.85. The number of phenols is 1. The average molecular weight is 471 g/mol. The Morgan fingerprint density at radius 2 is 1.67 bits per heavy atom. The van der Waals surface area contributed by atoms with Crippen molar-refractivity contribution in [1.29, 1.82) is 0 Å². The first kappa shape index (κ1) is 25.1. The van der Waals surface area contributed by atoms with E-state index in [2.05, 4.69) is 11.5 Å². The average Bonchev–Trinajstić information content (AvgIpc) is 2.83. The number of aliphatic hydroxyl groups is 2. The largest absolute Gasteiger partial charge is 0.507 e. The number of rotatable bonds is 7. The summed E-state index contributed by atoms with van der Waals surface area (Å²) in [4.78, 5) is 27.3. The molecule has 0 unspecified atom stereocenters. The summed E-state index contributed by atoms with van der Waals surface area (Å²) in [5.74, 6) is 0.229. The molecule has 0 amide bonds. The smallest absolute Gasteiger partial charge is 0.227 e. The number of hydrogen-bond donors (Lipinski definition) is 3. The van der Waals surface area contributed by atoms with Gasteiger partial charge in [-0.3, -0.25) is 9.59 Å². The van der Waals surface area contributed by atoms with Crippen molar-refractivity contribution < 1.29 is 34.4 Å². The van der Waals surface area contributed by atoms with E-state index in [0.29, 0.717) is 10.8 Å². The van der Waals surface area contributed by atoms with Crippen LogP contribution < -0.4 is 0 Å². The number of benzene rings is 2. The summed E-state index contributed by atoms with van der Waals surface area (Å²) in [5.41, 5.74) is -2.88. The third-order valence-corrected chi connectivity index (χ3v) is 11.6. The van der Waals surface area contributed by atoms with Gasteiger partial charge in [0.2, 0.25) is 17.2 Å². The molecule has 0 aliphatic heterocycles. The zero-order chi connectivity index (χ0) is 24.4. The highest BCUT2D eigenvalue weighted by atomic mass is 28.3. The third kappa shape index (κ3) is 3.90. The normalized spacial score (nSPS) is 22.7. The maximum atomic E-state index is 13.7. The molecule has 176 valence electrons. The molecule has 0 saturated heterocycles. The number of ketones is 2. The quantitative estimate of drug-likeness (QED) is 0.247. The minimum atomic E-state index is -2.79. The number of carbonyl (C=O) groups is 2. The highest BCUT2D eigenvalue weighted by molar-refractivity contribution is 6.87. The lowest BCUT2D eigenvalue weighted by atomic mass is 9.67. The summed E-state index contributed by atoms with van der Waals surface area (Å²) in [6, 6.07) is 10.5. The molecule has 0 spiro atoms. The van der Waals surface area contributed by atoms with Gasteiger partial charge in [-0.25, -0.2) is 0 Å². The zero-order valence-corrected chi connectivity index (χ0v) is 20.4. The molecule has 0 heterocycles.